The normalized spacial score (nSPS) is 12.4. The molecular weight excluding hydrogens is 522 g/mol. The molecule has 0 bridgehead atoms. The van der Waals surface area contributed by atoms with E-state index in [9.17, 15) is 24.5 Å². The number of carbonyl (C=O) groups excluding carboxylic acids is 3. The van der Waals surface area contributed by atoms with Gasteiger partial charge in [-0.3, -0.25) is 19.7 Å². The summed E-state index contributed by atoms with van der Waals surface area (Å²) in [6.07, 6.45) is 0. The number of nitrogens with zero attached hydrogens (tertiary/aromatic N) is 3. The number of fused-ring (bicyclic) bond motifs is 3. The molecule has 1 aromatic heterocycles. The van der Waals surface area contributed by atoms with E-state index in [1.165, 1.54) is 30.8 Å². The number of Topliss-reactive ketones (excluding diaryl/α,β-unsaturated/α-hetero) is 1. The predicted molar refractivity (Wildman–Crippen MR) is 150 cm³/mol. The number of oxime groups is 1. The summed E-state index contributed by atoms with van der Waals surface area (Å²) in [7, 11) is 1.69. The Balaban J connectivity index is 1.83. The second kappa shape index (κ2) is 12.0. The molecule has 1 atom stereocenters. The minimum Gasteiger partial charge on any atom is -0.435 e. The molecule has 200 valence electrons. The first kappa shape index (κ1) is 27.7. The van der Waals surface area contributed by atoms with Gasteiger partial charge in [-0.05, 0) is 31.2 Å². The van der Waals surface area contributed by atoms with Crippen LogP contribution in [0.1, 0.15) is 29.8 Å². The molecule has 39 heavy (non-hydrogen) atoms. The minimum atomic E-state index is -0.675. The number of hydrogen-bond donors (Lipinski definition) is 0. The Hall–Kier alpha value is -4.35. The summed E-state index contributed by atoms with van der Waals surface area (Å²) in [5.74, 6) is -1.18. The molecule has 0 saturated heterocycles. The summed E-state index contributed by atoms with van der Waals surface area (Å²) in [5.41, 5.74) is 1.78. The van der Waals surface area contributed by atoms with Gasteiger partial charge in [0.1, 0.15) is 7.11 Å². The van der Waals surface area contributed by atoms with E-state index in [0.29, 0.717) is 34.0 Å². The monoisotopic (exact) mass is 548 g/mol. The molecule has 0 fully saturated rings. The lowest BCUT2D eigenvalue weighted by Crippen LogP contribution is -2.17. The molecule has 0 spiro atoms. The van der Waals surface area contributed by atoms with Gasteiger partial charge in [-0.1, -0.05) is 47.2 Å². The molecule has 0 radical (unpaired) electrons. The summed E-state index contributed by atoms with van der Waals surface area (Å²) >= 11 is 1.19. The zero-order chi connectivity index (χ0) is 28.1. The van der Waals surface area contributed by atoms with Crippen LogP contribution in [0.5, 0.6) is 0 Å². The molecule has 11 heteroatoms. The second-order valence-corrected chi connectivity index (χ2v) is 10.3. The number of ether oxygens (including phenoxy) is 1. The van der Waals surface area contributed by atoms with E-state index in [1.807, 2.05) is 6.92 Å². The van der Waals surface area contributed by atoms with Crippen molar-refractivity contribution >= 4 is 61.8 Å². The van der Waals surface area contributed by atoms with Crippen LogP contribution in [0.25, 0.3) is 21.8 Å². The maximum Gasteiger partial charge on any atom is 0.332 e. The number of nitro benzene ring substituents is 1. The van der Waals surface area contributed by atoms with Gasteiger partial charge in [0, 0.05) is 46.5 Å². The van der Waals surface area contributed by atoms with Gasteiger partial charge in [0.05, 0.1) is 22.2 Å². The van der Waals surface area contributed by atoms with Crippen molar-refractivity contribution in [2.45, 2.75) is 25.6 Å². The van der Waals surface area contributed by atoms with Crippen LogP contribution in [0, 0.1) is 10.1 Å². The first-order valence-corrected chi connectivity index (χ1v) is 12.9. The van der Waals surface area contributed by atoms with E-state index in [1.54, 1.807) is 66.3 Å². The maximum absolute atomic E-state index is 13.6. The lowest BCUT2D eigenvalue weighted by atomic mass is 9.99. The molecule has 10 nitrogen and oxygen atoms in total. The van der Waals surface area contributed by atoms with Crippen LogP contribution in [-0.4, -0.2) is 55.8 Å². The maximum atomic E-state index is 13.6. The van der Waals surface area contributed by atoms with E-state index < -0.39 is 16.7 Å². The highest BCUT2D eigenvalue weighted by molar-refractivity contribution is 8.14. The number of rotatable bonds is 10. The molecule has 0 aliphatic rings. The van der Waals surface area contributed by atoms with Gasteiger partial charge in [-0.2, -0.15) is 0 Å². The standard InChI is InChI=1S/C28H25N3O7S/c1-17(16-37-3)39-26(33)15-30-24-11-9-20(13-22(24)23-14-21(31(35)36)10-12-25(23)30)28(34)27(29-38-18(2)32)19-7-5-4-6-8-19/h4-14,17H,15-16H2,1-3H3/p+1/b29-27+. The van der Waals surface area contributed by atoms with Crippen LogP contribution in [0.3, 0.4) is 0 Å². The van der Waals surface area contributed by atoms with Crippen LogP contribution in [0.2, 0.25) is 0 Å². The van der Waals surface area contributed by atoms with Gasteiger partial charge in [0.15, 0.2) is 12.3 Å². The highest BCUT2D eigenvalue weighted by atomic mass is 32.2. The fourth-order valence-corrected chi connectivity index (χ4v) is 5.15. The molecule has 1 unspecified atom stereocenters. The first-order valence-electron chi connectivity index (χ1n) is 12.0. The third kappa shape index (κ3) is 6.21. The number of thioether (sulfide) groups is 1. The Morgan fingerprint density at radius 1 is 1.03 bits per heavy atom. The molecule has 3 aromatic carbocycles. The van der Waals surface area contributed by atoms with E-state index in [2.05, 4.69) is 9.89 Å². The van der Waals surface area contributed by atoms with Crippen LogP contribution < -0.4 is 0 Å². The van der Waals surface area contributed by atoms with Crippen LogP contribution in [0.4, 0.5) is 5.69 Å². The number of carbonyl (C=O) groups is 3. The van der Waals surface area contributed by atoms with Crippen LogP contribution in [0.15, 0.2) is 71.9 Å². The number of aromatic nitrogens is 1. The molecule has 4 aromatic rings. The fraction of sp³-hybridized carbons (Fsp3) is 0.214. The van der Waals surface area contributed by atoms with E-state index in [4.69, 9.17) is 4.84 Å². The average Bonchev–Trinajstić information content (AvgIpc) is 3.21. The third-order valence-corrected chi connectivity index (χ3v) is 6.85. The van der Waals surface area contributed by atoms with Crippen molar-refractivity contribution < 1.29 is 28.9 Å². The lowest BCUT2D eigenvalue weighted by Gasteiger charge is -2.10. The topological polar surface area (TPSA) is 134 Å². The summed E-state index contributed by atoms with van der Waals surface area (Å²) < 4.78 is 5.87. The summed E-state index contributed by atoms with van der Waals surface area (Å²) in [4.78, 5) is 53.7. The molecule has 0 amide bonds. The first-order chi connectivity index (χ1) is 18.7. The Labute approximate surface area is 227 Å². The van der Waals surface area contributed by atoms with Crippen molar-refractivity contribution in [2.75, 3.05) is 13.7 Å². The molecular formula is C28H26N3O7S+. The largest absolute Gasteiger partial charge is 0.435 e. The minimum absolute atomic E-state index is 0.00816. The summed E-state index contributed by atoms with van der Waals surface area (Å²) in [5, 5.41) is 16.3. The molecule has 0 saturated carbocycles. The zero-order valence-corrected chi connectivity index (χ0v) is 22.3. The summed E-state index contributed by atoms with van der Waals surface area (Å²) in [6.45, 7) is 3.68. The number of nitro groups is 1. The van der Waals surface area contributed by atoms with Gasteiger partial charge in [0.25, 0.3) is 5.69 Å². The SMILES string of the molecule is C[OH+]CC(C)SC(=O)Cn1c2ccc(C(=O)/C(=N/OC(C)=O)c3ccccc3)cc2c2cc([N+](=O)[O-])ccc21. The Morgan fingerprint density at radius 3 is 2.33 bits per heavy atom. The number of non-ortho nitro benzene ring substituents is 1. The molecule has 0 aliphatic heterocycles. The molecule has 1 heterocycles. The van der Waals surface area contributed by atoms with Gasteiger partial charge in [0.2, 0.25) is 10.9 Å². The third-order valence-electron chi connectivity index (χ3n) is 5.91. The molecule has 4 rings (SSSR count). The van der Waals surface area contributed by atoms with Crippen LogP contribution in [-0.2, 0) is 21.0 Å². The zero-order valence-electron chi connectivity index (χ0n) is 21.5. The molecule has 1 N–H and O–H groups in total. The smallest absolute Gasteiger partial charge is 0.332 e. The van der Waals surface area contributed by atoms with Gasteiger partial charge in [-0.25, -0.2) is 4.79 Å². The second-order valence-electron chi connectivity index (χ2n) is 8.79. The average molecular weight is 549 g/mol. The van der Waals surface area contributed by atoms with Gasteiger partial charge < -0.3 is 14.1 Å². The van der Waals surface area contributed by atoms with Gasteiger partial charge >= 0.3 is 5.97 Å². The lowest BCUT2D eigenvalue weighted by molar-refractivity contribution is -0.384. The van der Waals surface area contributed by atoms with Crippen molar-refractivity contribution in [2.24, 2.45) is 5.16 Å². The van der Waals surface area contributed by atoms with Crippen molar-refractivity contribution in [1.29, 1.82) is 0 Å². The number of benzene rings is 3. The van der Waals surface area contributed by atoms with Crippen molar-refractivity contribution in [3.8, 4) is 0 Å². The fourth-order valence-electron chi connectivity index (χ4n) is 4.27. The molecule has 0 aliphatic carbocycles. The van der Waals surface area contributed by atoms with E-state index in [-0.39, 0.29) is 33.9 Å². The predicted octanol–water partition coefficient (Wildman–Crippen LogP) is 4.66. The van der Waals surface area contributed by atoms with Crippen molar-refractivity contribution in [3.63, 3.8) is 0 Å². The van der Waals surface area contributed by atoms with E-state index >= 15 is 0 Å². The Bertz CT molecular complexity index is 1610. The van der Waals surface area contributed by atoms with Crippen molar-refractivity contribution in [3.05, 3.63) is 88.0 Å². The highest BCUT2D eigenvalue weighted by Gasteiger charge is 2.22. The Kier molecular flexibility index (Phi) is 8.52. The van der Waals surface area contributed by atoms with Crippen LogP contribution >= 0.6 is 11.8 Å². The summed E-state index contributed by atoms with van der Waals surface area (Å²) in [6, 6.07) is 17.9. The van der Waals surface area contributed by atoms with E-state index in [0.717, 1.165) is 0 Å². The van der Waals surface area contributed by atoms with Gasteiger partial charge in [-0.15, -0.1) is 0 Å². The number of aliphatic hydroxyl groups is 2. The van der Waals surface area contributed by atoms with Crippen molar-refractivity contribution in [1.82, 2.24) is 4.57 Å². The number of ketones is 1. The Morgan fingerprint density at radius 2 is 1.69 bits per heavy atom. The number of hydrogen-bond acceptors (Lipinski definition) is 8. The highest BCUT2D eigenvalue weighted by Crippen LogP contribution is 2.33. The quantitative estimate of drug-likeness (QED) is 0.0703.